The zero-order chi connectivity index (χ0) is 10.7. The molecule has 1 aromatic heterocycles. The summed E-state index contributed by atoms with van der Waals surface area (Å²) >= 11 is 0. The van der Waals surface area contributed by atoms with Crippen molar-refractivity contribution in [2.24, 2.45) is 0 Å². The van der Waals surface area contributed by atoms with Gasteiger partial charge in [0.05, 0.1) is 0 Å². The number of benzene rings is 1. The summed E-state index contributed by atoms with van der Waals surface area (Å²) in [5, 5.41) is 8.73. The second-order valence-corrected chi connectivity index (χ2v) is 3.12. The monoisotopic (exact) mass is 201 g/mol. The average Bonchev–Trinajstić information content (AvgIpc) is 2.65. The molecule has 0 spiro atoms. The van der Waals surface area contributed by atoms with Crippen LogP contribution in [0.2, 0.25) is 0 Å². The number of aromatic nitrogens is 2. The Labute approximate surface area is 86.4 Å². The van der Waals surface area contributed by atoms with Gasteiger partial charge >= 0.3 is 0 Å². The largest absolute Gasteiger partial charge is 0.318 e. The lowest BCUT2D eigenvalue weighted by molar-refractivity contribution is 0.623. The minimum atomic E-state index is -0.272. The molecule has 4 heteroatoms. The van der Waals surface area contributed by atoms with Crippen LogP contribution in [0.4, 0.5) is 4.39 Å². The molecule has 0 bridgehead atoms. The van der Waals surface area contributed by atoms with Crippen LogP contribution in [0, 0.1) is 17.1 Å². The number of nitriles is 1. The third-order valence-corrected chi connectivity index (χ3v) is 2.06. The number of imidazole rings is 1. The van der Waals surface area contributed by atoms with Crippen molar-refractivity contribution in [3.05, 3.63) is 53.9 Å². The SMILES string of the molecule is N#Cc1nccn1Cc1cccc(F)c1. The van der Waals surface area contributed by atoms with E-state index in [0.29, 0.717) is 12.4 Å². The van der Waals surface area contributed by atoms with E-state index in [1.54, 1.807) is 23.0 Å². The number of nitrogens with zero attached hydrogens (tertiary/aromatic N) is 3. The van der Waals surface area contributed by atoms with Gasteiger partial charge in [0.25, 0.3) is 0 Å². The van der Waals surface area contributed by atoms with E-state index >= 15 is 0 Å². The van der Waals surface area contributed by atoms with Crippen LogP contribution in [0.3, 0.4) is 0 Å². The highest BCUT2D eigenvalue weighted by molar-refractivity contribution is 5.19. The molecule has 0 aliphatic heterocycles. The van der Waals surface area contributed by atoms with Crippen LogP contribution in [-0.2, 0) is 6.54 Å². The number of hydrogen-bond donors (Lipinski definition) is 0. The Hall–Kier alpha value is -2.15. The van der Waals surface area contributed by atoms with Crippen LogP contribution >= 0.6 is 0 Å². The molecule has 0 fully saturated rings. The van der Waals surface area contributed by atoms with Gasteiger partial charge < -0.3 is 4.57 Å². The van der Waals surface area contributed by atoms with Crippen molar-refractivity contribution in [3.63, 3.8) is 0 Å². The highest BCUT2D eigenvalue weighted by atomic mass is 19.1. The zero-order valence-electron chi connectivity index (χ0n) is 7.89. The Bertz CT molecular complexity index is 511. The number of rotatable bonds is 2. The second-order valence-electron chi connectivity index (χ2n) is 3.12. The summed E-state index contributed by atoms with van der Waals surface area (Å²) in [6.07, 6.45) is 3.25. The maximum absolute atomic E-state index is 12.9. The molecule has 1 heterocycles. The Morgan fingerprint density at radius 2 is 2.33 bits per heavy atom. The summed E-state index contributed by atoms with van der Waals surface area (Å²) in [6, 6.07) is 8.26. The lowest BCUT2D eigenvalue weighted by Crippen LogP contribution is -2.01. The topological polar surface area (TPSA) is 41.6 Å². The molecular weight excluding hydrogens is 193 g/mol. The van der Waals surface area contributed by atoms with E-state index in [1.807, 2.05) is 12.1 Å². The van der Waals surface area contributed by atoms with Crippen molar-refractivity contribution in [1.82, 2.24) is 9.55 Å². The predicted molar refractivity (Wildman–Crippen MR) is 52.4 cm³/mol. The van der Waals surface area contributed by atoms with E-state index in [1.165, 1.54) is 12.1 Å². The van der Waals surface area contributed by atoms with Gasteiger partial charge in [-0.15, -0.1) is 0 Å². The average molecular weight is 201 g/mol. The van der Waals surface area contributed by atoms with Gasteiger partial charge in [0.2, 0.25) is 5.82 Å². The fourth-order valence-electron chi connectivity index (χ4n) is 1.38. The number of hydrogen-bond acceptors (Lipinski definition) is 2. The van der Waals surface area contributed by atoms with E-state index in [-0.39, 0.29) is 5.82 Å². The fraction of sp³-hybridized carbons (Fsp3) is 0.0909. The third kappa shape index (κ3) is 2.02. The highest BCUT2D eigenvalue weighted by Crippen LogP contribution is 2.07. The maximum Gasteiger partial charge on any atom is 0.213 e. The van der Waals surface area contributed by atoms with Crippen LogP contribution in [0.15, 0.2) is 36.7 Å². The van der Waals surface area contributed by atoms with Crippen molar-refractivity contribution in [3.8, 4) is 6.07 Å². The molecule has 0 unspecified atom stereocenters. The quantitative estimate of drug-likeness (QED) is 0.745. The fourth-order valence-corrected chi connectivity index (χ4v) is 1.38. The molecule has 74 valence electrons. The Morgan fingerprint density at radius 1 is 1.47 bits per heavy atom. The molecule has 0 aliphatic carbocycles. The maximum atomic E-state index is 12.9. The van der Waals surface area contributed by atoms with Crippen LogP contribution in [0.5, 0.6) is 0 Å². The van der Waals surface area contributed by atoms with Crippen molar-refractivity contribution in [1.29, 1.82) is 5.26 Å². The zero-order valence-corrected chi connectivity index (χ0v) is 7.89. The van der Waals surface area contributed by atoms with E-state index in [0.717, 1.165) is 5.56 Å². The van der Waals surface area contributed by atoms with Gasteiger partial charge in [-0.25, -0.2) is 9.37 Å². The van der Waals surface area contributed by atoms with Gasteiger partial charge in [-0.05, 0) is 17.7 Å². The standard InChI is InChI=1S/C11H8FN3/c12-10-3-1-2-9(6-10)8-15-5-4-14-11(15)7-13/h1-6H,8H2. The van der Waals surface area contributed by atoms with Crippen LogP contribution < -0.4 is 0 Å². The lowest BCUT2D eigenvalue weighted by Gasteiger charge is -2.03. The molecule has 0 N–H and O–H groups in total. The lowest BCUT2D eigenvalue weighted by atomic mass is 10.2. The van der Waals surface area contributed by atoms with Gasteiger partial charge in [-0.3, -0.25) is 0 Å². The molecule has 0 saturated heterocycles. The Morgan fingerprint density at radius 3 is 3.07 bits per heavy atom. The van der Waals surface area contributed by atoms with Gasteiger partial charge in [0, 0.05) is 18.9 Å². The first-order valence-corrected chi connectivity index (χ1v) is 4.45. The molecule has 0 amide bonds. The van der Waals surface area contributed by atoms with E-state index in [2.05, 4.69) is 4.98 Å². The van der Waals surface area contributed by atoms with Crippen molar-refractivity contribution >= 4 is 0 Å². The highest BCUT2D eigenvalue weighted by Gasteiger charge is 2.02. The first-order valence-electron chi connectivity index (χ1n) is 4.45. The van der Waals surface area contributed by atoms with Crippen molar-refractivity contribution in [2.75, 3.05) is 0 Å². The van der Waals surface area contributed by atoms with Gasteiger partial charge in [0.1, 0.15) is 11.9 Å². The number of halogens is 1. The molecule has 0 aliphatic rings. The van der Waals surface area contributed by atoms with E-state index in [4.69, 9.17) is 5.26 Å². The Kier molecular flexibility index (Phi) is 2.46. The molecule has 1 aromatic carbocycles. The summed E-state index contributed by atoms with van der Waals surface area (Å²) in [6.45, 7) is 0.459. The second kappa shape index (κ2) is 3.93. The van der Waals surface area contributed by atoms with Gasteiger partial charge in [-0.1, -0.05) is 12.1 Å². The van der Waals surface area contributed by atoms with Crippen LogP contribution in [-0.4, -0.2) is 9.55 Å². The Balaban J connectivity index is 2.26. The van der Waals surface area contributed by atoms with Gasteiger partial charge in [0.15, 0.2) is 0 Å². The first-order chi connectivity index (χ1) is 7.29. The van der Waals surface area contributed by atoms with Crippen LogP contribution in [0.25, 0.3) is 0 Å². The van der Waals surface area contributed by atoms with Crippen molar-refractivity contribution in [2.45, 2.75) is 6.54 Å². The van der Waals surface area contributed by atoms with Crippen molar-refractivity contribution < 1.29 is 4.39 Å². The molecule has 0 saturated carbocycles. The van der Waals surface area contributed by atoms with Crippen LogP contribution in [0.1, 0.15) is 11.4 Å². The summed E-state index contributed by atoms with van der Waals surface area (Å²) < 4.78 is 14.6. The third-order valence-electron chi connectivity index (χ3n) is 2.06. The summed E-state index contributed by atoms with van der Waals surface area (Å²) in [5.41, 5.74) is 0.810. The molecule has 3 nitrogen and oxygen atoms in total. The molecular formula is C11H8FN3. The molecule has 0 atom stereocenters. The van der Waals surface area contributed by atoms with E-state index in [9.17, 15) is 4.39 Å². The molecule has 15 heavy (non-hydrogen) atoms. The minimum Gasteiger partial charge on any atom is -0.318 e. The predicted octanol–water partition coefficient (Wildman–Crippen LogP) is 1.94. The molecule has 2 aromatic rings. The van der Waals surface area contributed by atoms with Gasteiger partial charge in [-0.2, -0.15) is 5.26 Å². The summed E-state index contributed by atoms with van der Waals surface area (Å²) in [4.78, 5) is 3.86. The minimum absolute atomic E-state index is 0.272. The summed E-state index contributed by atoms with van der Waals surface area (Å²) in [7, 11) is 0. The molecule has 0 radical (unpaired) electrons. The van der Waals surface area contributed by atoms with E-state index < -0.39 is 0 Å². The normalized spacial score (nSPS) is 9.87. The first kappa shape index (κ1) is 9.41. The summed E-state index contributed by atoms with van der Waals surface area (Å²) in [5.74, 6) is 0.0605. The molecule has 2 rings (SSSR count). The smallest absolute Gasteiger partial charge is 0.213 e.